The van der Waals surface area contributed by atoms with Gasteiger partial charge < -0.3 is 29.7 Å². The fourth-order valence-corrected chi connectivity index (χ4v) is 0. The topological polar surface area (TPSA) is 120 Å². The Hall–Kier alpha value is -0.356. The van der Waals surface area contributed by atoms with Crippen LogP contribution in [0.15, 0.2) is 0 Å². The molecule has 0 unspecified atom stereocenters. The molecule has 0 heterocycles. The van der Waals surface area contributed by atoms with Gasteiger partial charge in [-0.1, -0.05) is 20.8 Å². The van der Waals surface area contributed by atoms with Gasteiger partial charge in [-0.25, -0.2) is 0 Å². The molecule has 0 fully saturated rings. The minimum Gasteiger partial charge on any atom is -0.550 e. The van der Waals surface area contributed by atoms with Crippen molar-refractivity contribution in [3.63, 3.8) is 0 Å². The van der Waals surface area contributed by atoms with Crippen molar-refractivity contribution >= 4 is 17.9 Å². The molecule has 16 heavy (non-hydrogen) atoms. The number of aliphatic carboxylic acids is 3. The van der Waals surface area contributed by atoms with Gasteiger partial charge in [-0.15, -0.1) is 0 Å². The predicted molar refractivity (Wildman–Crippen MR) is 45.9 cm³/mol. The average molecular weight is 394 g/mol. The Kier molecular flexibility index (Phi) is 31.1. The third kappa shape index (κ3) is 68.5. The van der Waals surface area contributed by atoms with Gasteiger partial charge >= 0.3 is 36.9 Å². The minimum absolute atomic E-state index is 0. The Labute approximate surface area is 124 Å². The first-order valence-corrected chi connectivity index (χ1v) is 4.41. The van der Waals surface area contributed by atoms with E-state index in [2.05, 4.69) is 0 Å². The molecule has 0 saturated heterocycles. The molecule has 0 aromatic carbocycles. The molecule has 102 valence electrons. The maximum absolute atomic E-state index is 9.26. The molecule has 0 atom stereocenters. The Morgan fingerprint density at radius 1 is 0.688 bits per heavy atom. The molecule has 0 bridgehead atoms. The number of carbonyl (C=O) groups is 3. The molecule has 0 saturated carbocycles. The summed E-state index contributed by atoms with van der Waals surface area (Å²) in [6.45, 7) is 4.61. The van der Waals surface area contributed by atoms with Crippen LogP contribution in [0.5, 0.6) is 0 Å². The van der Waals surface area contributed by atoms with Crippen LogP contribution < -0.4 is 15.3 Å². The molecule has 0 aromatic rings. The third-order valence-corrected chi connectivity index (χ3v) is 0.866. The van der Waals surface area contributed by atoms with Gasteiger partial charge in [0.2, 0.25) is 0 Å². The first-order valence-electron chi connectivity index (χ1n) is 4.41. The zero-order valence-electron chi connectivity index (χ0n) is 9.33. The van der Waals surface area contributed by atoms with Crippen molar-refractivity contribution in [1.82, 2.24) is 0 Å². The van der Waals surface area contributed by atoms with E-state index in [-0.39, 0.29) is 56.1 Å². The summed E-state index contributed by atoms with van der Waals surface area (Å²) in [5.74, 6) is -2.99. The molecule has 7 heteroatoms. The second-order valence-corrected chi connectivity index (χ2v) is 2.18. The van der Waals surface area contributed by atoms with Gasteiger partial charge in [0.15, 0.2) is 0 Å². The summed E-state index contributed by atoms with van der Waals surface area (Å²) in [6.07, 6.45) is 0.333. The summed E-state index contributed by atoms with van der Waals surface area (Å²) in [7, 11) is 0. The van der Waals surface area contributed by atoms with Crippen LogP contribution in [-0.4, -0.2) is 17.9 Å². The van der Waals surface area contributed by atoms with Crippen LogP contribution >= 0.6 is 0 Å². The summed E-state index contributed by atoms with van der Waals surface area (Å²) in [5, 5.41) is 27.8. The largest absolute Gasteiger partial charge is 3.00 e. The van der Waals surface area contributed by atoms with Crippen LogP contribution in [0.2, 0.25) is 0 Å². The van der Waals surface area contributed by atoms with Crippen molar-refractivity contribution in [2.75, 3.05) is 0 Å². The molecular weight excluding hydrogens is 379 g/mol. The minimum atomic E-state index is -0.995. The van der Waals surface area contributed by atoms with Crippen molar-refractivity contribution in [3.8, 4) is 0 Å². The standard InChI is InChI=1S/3C3H6O2.Lu/c3*1-2-3(4)5;/h3*2H2,1H3,(H,4,5);/q;;;+3/p-3. The van der Waals surface area contributed by atoms with Gasteiger partial charge in [-0.05, 0) is 19.3 Å². The Bertz CT molecular complexity index is 159. The van der Waals surface area contributed by atoms with Crippen molar-refractivity contribution in [1.29, 1.82) is 0 Å². The van der Waals surface area contributed by atoms with E-state index in [1.54, 1.807) is 0 Å². The van der Waals surface area contributed by atoms with Crippen LogP contribution in [0.4, 0.5) is 0 Å². The average Bonchev–Trinajstić information content (AvgIpc) is 2.19. The summed E-state index contributed by atoms with van der Waals surface area (Å²) in [4.78, 5) is 27.8. The van der Waals surface area contributed by atoms with Crippen LogP contribution in [-0.2, 0) is 14.4 Å². The third-order valence-electron chi connectivity index (χ3n) is 0.866. The van der Waals surface area contributed by atoms with Crippen LogP contribution in [0, 0.1) is 36.9 Å². The van der Waals surface area contributed by atoms with E-state index in [1.807, 2.05) is 0 Å². The van der Waals surface area contributed by atoms with Crippen molar-refractivity contribution < 1.29 is 66.6 Å². The first-order chi connectivity index (χ1) is 6.81. The molecule has 0 aliphatic rings. The molecular formula is C9H15LuO6. The summed E-state index contributed by atoms with van der Waals surface area (Å²) >= 11 is 0. The van der Waals surface area contributed by atoms with Gasteiger partial charge in [0.1, 0.15) is 0 Å². The number of rotatable bonds is 3. The van der Waals surface area contributed by atoms with Gasteiger partial charge in [0, 0.05) is 17.9 Å². The Morgan fingerprint density at radius 3 is 0.750 bits per heavy atom. The van der Waals surface area contributed by atoms with E-state index in [1.165, 1.54) is 20.8 Å². The molecule has 0 aliphatic carbocycles. The zero-order chi connectivity index (χ0) is 12.9. The summed E-state index contributed by atoms with van der Waals surface area (Å²) in [6, 6.07) is 0. The number of carboxylic acids is 3. The van der Waals surface area contributed by atoms with E-state index in [0.717, 1.165) is 0 Å². The second-order valence-electron chi connectivity index (χ2n) is 2.18. The van der Waals surface area contributed by atoms with Gasteiger partial charge in [0.25, 0.3) is 0 Å². The number of hydrogen-bond acceptors (Lipinski definition) is 6. The van der Waals surface area contributed by atoms with E-state index >= 15 is 0 Å². The second kappa shape index (κ2) is 20.1. The van der Waals surface area contributed by atoms with E-state index in [0.29, 0.717) is 0 Å². The fourth-order valence-electron chi connectivity index (χ4n) is 0. The molecule has 0 aromatic heterocycles. The molecule has 0 rings (SSSR count). The first kappa shape index (κ1) is 24.7. The van der Waals surface area contributed by atoms with Crippen LogP contribution in [0.3, 0.4) is 0 Å². The normalized spacial score (nSPS) is 6.94. The quantitative estimate of drug-likeness (QED) is 0.519. The molecule has 0 N–H and O–H groups in total. The molecule has 0 radical (unpaired) electrons. The maximum atomic E-state index is 9.26. The molecule has 0 spiro atoms. The number of carbonyl (C=O) groups excluding carboxylic acids is 3. The van der Waals surface area contributed by atoms with E-state index in [9.17, 15) is 29.7 Å². The summed E-state index contributed by atoms with van der Waals surface area (Å²) in [5.41, 5.74) is 0. The van der Waals surface area contributed by atoms with Crippen LogP contribution in [0.25, 0.3) is 0 Å². The van der Waals surface area contributed by atoms with Crippen molar-refractivity contribution in [3.05, 3.63) is 0 Å². The smallest absolute Gasteiger partial charge is 0.550 e. The van der Waals surface area contributed by atoms with E-state index in [4.69, 9.17) is 0 Å². The van der Waals surface area contributed by atoms with E-state index < -0.39 is 17.9 Å². The fraction of sp³-hybridized carbons (Fsp3) is 0.667. The molecule has 0 amide bonds. The van der Waals surface area contributed by atoms with Gasteiger partial charge in [0.05, 0.1) is 0 Å². The van der Waals surface area contributed by atoms with Crippen molar-refractivity contribution in [2.24, 2.45) is 0 Å². The Balaban J connectivity index is -0.0000000655. The van der Waals surface area contributed by atoms with Crippen molar-refractivity contribution in [2.45, 2.75) is 40.0 Å². The van der Waals surface area contributed by atoms with Crippen LogP contribution in [0.1, 0.15) is 40.0 Å². The molecule has 0 aliphatic heterocycles. The van der Waals surface area contributed by atoms with Gasteiger partial charge in [-0.2, -0.15) is 0 Å². The SMILES string of the molecule is CCC(=O)[O-].CCC(=O)[O-].CCC(=O)[O-].[Lu+3]. The number of hydrogen-bond donors (Lipinski definition) is 0. The molecule has 6 nitrogen and oxygen atoms in total. The summed E-state index contributed by atoms with van der Waals surface area (Å²) < 4.78 is 0. The number of carboxylic acid groups (broad SMARTS) is 3. The Morgan fingerprint density at radius 2 is 0.750 bits per heavy atom. The monoisotopic (exact) mass is 394 g/mol. The zero-order valence-corrected chi connectivity index (χ0v) is 11.0. The van der Waals surface area contributed by atoms with Gasteiger partial charge in [-0.3, -0.25) is 0 Å². The maximum Gasteiger partial charge on any atom is 3.00 e. The predicted octanol–water partition coefficient (Wildman–Crippen LogP) is -2.56.